The van der Waals surface area contributed by atoms with Crippen LogP contribution in [0, 0.1) is 0 Å². The summed E-state index contributed by atoms with van der Waals surface area (Å²) in [5.74, 6) is 0.0149. The van der Waals surface area contributed by atoms with Crippen molar-refractivity contribution in [2.75, 3.05) is 5.32 Å². The smallest absolute Gasteiger partial charge is 0.291 e. The number of aromatic amines is 1. The summed E-state index contributed by atoms with van der Waals surface area (Å²) >= 11 is 0. The molecule has 2 aromatic carbocycles. The van der Waals surface area contributed by atoms with Gasteiger partial charge in [-0.2, -0.15) is 5.10 Å². The maximum Gasteiger partial charge on any atom is 0.291 e. The van der Waals surface area contributed by atoms with Gasteiger partial charge in [0.15, 0.2) is 5.76 Å². The molecule has 0 radical (unpaired) electrons. The standard InChI is InChI=1S/C18H13N3O2/c22-18(17-11-13-4-1-2-7-16(13)23-17)20-14-6-3-5-12(10-14)15-8-9-19-21-15/h1-11H,(H,19,21)(H,20,22). The van der Waals surface area contributed by atoms with Crippen LogP contribution in [0.25, 0.3) is 22.2 Å². The van der Waals surface area contributed by atoms with Gasteiger partial charge in [-0.05, 0) is 30.3 Å². The van der Waals surface area contributed by atoms with Crippen molar-refractivity contribution >= 4 is 22.6 Å². The molecule has 0 unspecified atom stereocenters. The lowest BCUT2D eigenvalue weighted by Gasteiger charge is -2.05. The van der Waals surface area contributed by atoms with Crippen molar-refractivity contribution < 1.29 is 9.21 Å². The van der Waals surface area contributed by atoms with Crippen molar-refractivity contribution in [1.82, 2.24) is 10.2 Å². The van der Waals surface area contributed by atoms with E-state index in [9.17, 15) is 4.79 Å². The minimum absolute atomic E-state index is 0.275. The number of amides is 1. The van der Waals surface area contributed by atoms with Crippen LogP contribution in [0.3, 0.4) is 0 Å². The molecule has 2 aromatic heterocycles. The van der Waals surface area contributed by atoms with Crippen LogP contribution in [-0.4, -0.2) is 16.1 Å². The van der Waals surface area contributed by atoms with Crippen LogP contribution in [0.4, 0.5) is 5.69 Å². The van der Waals surface area contributed by atoms with E-state index >= 15 is 0 Å². The van der Waals surface area contributed by atoms with E-state index in [4.69, 9.17) is 4.42 Å². The Morgan fingerprint density at radius 2 is 1.96 bits per heavy atom. The van der Waals surface area contributed by atoms with Gasteiger partial charge >= 0.3 is 0 Å². The number of furan rings is 1. The van der Waals surface area contributed by atoms with Crippen LogP contribution in [-0.2, 0) is 0 Å². The fourth-order valence-corrected chi connectivity index (χ4v) is 2.47. The van der Waals surface area contributed by atoms with Gasteiger partial charge in [-0.3, -0.25) is 9.89 Å². The number of H-pyrrole nitrogens is 1. The Labute approximate surface area is 131 Å². The highest BCUT2D eigenvalue weighted by atomic mass is 16.3. The van der Waals surface area contributed by atoms with E-state index in [1.165, 1.54) is 0 Å². The number of benzene rings is 2. The lowest BCUT2D eigenvalue weighted by Crippen LogP contribution is -2.10. The largest absolute Gasteiger partial charge is 0.451 e. The normalized spacial score (nSPS) is 10.8. The number of para-hydroxylation sites is 1. The third-order valence-corrected chi connectivity index (χ3v) is 3.58. The zero-order chi connectivity index (χ0) is 15.6. The fourth-order valence-electron chi connectivity index (χ4n) is 2.47. The Kier molecular flexibility index (Phi) is 3.16. The number of hydrogen-bond acceptors (Lipinski definition) is 3. The third-order valence-electron chi connectivity index (χ3n) is 3.58. The van der Waals surface area contributed by atoms with Crippen LogP contribution in [0.5, 0.6) is 0 Å². The molecule has 23 heavy (non-hydrogen) atoms. The van der Waals surface area contributed by atoms with Gasteiger partial charge in [-0.15, -0.1) is 0 Å². The molecule has 2 heterocycles. The number of anilines is 1. The molecule has 0 atom stereocenters. The van der Waals surface area contributed by atoms with Gasteiger partial charge in [0, 0.05) is 22.8 Å². The van der Waals surface area contributed by atoms with Crippen LogP contribution in [0.15, 0.2) is 71.3 Å². The average molecular weight is 303 g/mol. The predicted octanol–water partition coefficient (Wildman–Crippen LogP) is 4.08. The second-order valence-electron chi connectivity index (χ2n) is 5.15. The number of nitrogens with zero attached hydrogens (tertiary/aromatic N) is 1. The average Bonchev–Trinajstić information content (AvgIpc) is 3.24. The second-order valence-corrected chi connectivity index (χ2v) is 5.15. The van der Waals surface area contributed by atoms with Gasteiger partial charge in [0.05, 0.1) is 5.69 Å². The van der Waals surface area contributed by atoms with Crippen molar-refractivity contribution in [1.29, 1.82) is 0 Å². The summed E-state index contributed by atoms with van der Waals surface area (Å²) in [5, 5.41) is 10.6. The maximum absolute atomic E-state index is 12.4. The molecule has 4 aromatic rings. The topological polar surface area (TPSA) is 70.9 Å². The lowest BCUT2D eigenvalue weighted by atomic mass is 10.1. The van der Waals surface area contributed by atoms with Crippen LogP contribution in [0.1, 0.15) is 10.6 Å². The molecule has 112 valence electrons. The molecule has 5 heteroatoms. The molecule has 0 spiro atoms. The number of carbonyl (C=O) groups excluding carboxylic acids is 1. The van der Waals surface area contributed by atoms with E-state index in [2.05, 4.69) is 15.5 Å². The number of nitrogens with one attached hydrogen (secondary N) is 2. The van der Waals surface area contributed by atoms with Crippen molar-refractivity contribution in [2.24, 2.45) is 0 Å². The van der Waals surface area contributed by atoms with Gasteiger partial charge in [0.25, 0.3) is 5.91 Å². The molecular weight excluding hydrogens is 290 g/mol. The quantitative estimate of drug-likeness (QED) is 0.599. The SMILES string of the molecule is O=C(Nc1cccc(-c2ccn[nH]2)c1)c1cc2ccccc2o1. The summed E-state index contributed by atoms with van der Waals surface area (Å²) in [6, 6.07) is 18.7. The molecule has 4 rings (SSSR count). The Hall–Kier alpha value is -3.34. The zero-order valence-corrected chi connectivity index (χ0v) is 12.1. The summed E-state index contributed by atoms with van der Waals surface area (Å²) < 4.78 is 5.58. The first kappa shape index (κ1) is 13.3. The first-order valence-corrected chi connectivity index (χ1v) is 7.19. The highest BCUT2D eigenvalue weighted by Gasteiger charge is 2.12. The predicted molar refractivity (Wildman–Crippen MR) is 88.2 cm³/mol. The number of fused-ring (bicyclic) bond motifs is 1. The summed E-state index contributed by atoms with van der Waals surface area (Å²) in [6.45, 7) is 0. The highest BCUT2D eigenvalue weighted by molar-refractivity contribution is 6.04. The van der Waals surface area contributed by atoms with Crippen molar-refractivity contribution in [3.05, 3.63) is 72.6 Å². The minimum atomic E-state index is -0.275. The Bertz CT molecular complexity index is 938. The summed E-state index contributed by atoms with van der Waals surface area (Å²) in [7, 11) is 0. The molecule has 5 nitrogen and oxygen atoms in total. The zero-order valence-electron chi connectivity index (χ0n) is 12.1. The Morgan fingerprint density at radius 3 is 2.78 bits per heavy atom. The van der Waals surface area contributed by atoms with Gasteiger partial charge in [-0.25, -0.2) is 0 Å². The second kappa shape index (κ2) is 5.46. The van der Waals surface area contributed by atoms with E-state index in [1.54, 1.807) is 12.3 Å². The van der Waals surface area contributed by atoms with E-state index in [1.807, 2.05) is 54.6 Å². The molecule has 0 bridgehead atoms. The van der Waals surface area contributed by atoms with Gasteiger partial charge < -0.3 is 9.73 Å². The molecule has 0 saturated heterocycles. The van der Waals surface area contributed by atoms with Crippen molar-refractivity contribution in [2.45, 2.75) is 0 Å². The fraction of sp³-hybridized carbons (Fsp3) is 0. The van der Waals surface area contributed by atoms with Gasteiger partial charge in [0.1, 0.15) is 5.58 Å². The number of aromatic nitrogens is 2. The van der Waals surface area contributed by atoms with Crippen LogP contribution >= 0.6 is 0 Å². The molecule has 0 saturated carbocycles. The Morgan fingerprint density at radius 1 is 1.04 bits per heavy atom. The van der Waals surface area contributed by atoms with Crippen molar-refractivity contribution in [3.8, 4) is 11.3 Å². The molecule has 1 amide bonds. The molecule has 0 aliphatic heterocycles. The molecule has 0 aliphatic carbocycles. The Balaban J connectivity index is 1.60. The monoisotopic (exact) mass is 303 g/mol. The van der Waals surface area contributed by atoms with Crippen LogP contribution in [0.2, 0.25) is 0 Å². The number of carbonyl (C=O) groups is 1. The van der Waals surface area contributed by atoms with Crippen LogP contribution < -0.4 is 5.32 Å². The first-order chi connectivity index (χ1) is 11.3. The molecule has 2 N–H and O–H groups in total. The van der Waals surface area contributed by atoms with E-state index in [0.29, 0.717) is 11.3 Å². The molecule has 0 aliphatic rings. The molecule has 0 fully saturated rings. The summed E-state index contributed by atoms with van der Waals surface area (Å²) in [5.41, 5.74) is 3.24. The number of hydrogen-bond donors (Lipinski definition) is 2. The maximum atomic E-state index is 12.4. The third kappa shape index (κ3) is 2.60. The van der Waals surface area contributed by atoms with E-state index in [-0.39, 0.29) is 11.7 Å². The lowest BCUT2D eigenvalue weighted by molar-refractivity contribution is 0.0998. The van der Waals surface area contributed by atoms with E-state index < -0.39 is 0 Å². The van der Waals surface area contributed by atoms with Crippen molar-refractivity contribution in [3.63, 3.8) is 0 Å². The first-order valence-electron chi connectivity index (χ1n) is 7.19. The number of rotatable bonds is 3. The highest BCUT2D eigenvalue weighted by Crippen LogP contribution is 2.22. The van der Waals surface area contributed by atoms with Gasteiger partial charge in [-0.1, -0.05) is 30.3 Å². The summed E-state index contributed by atoms with van der Waals surface area (Å²) in [6.07, 6.45) is 1.69. The van der Waals surface area contributed by atoms with E-state index in [0.717, 1.165) is 16.6 Å². The molecular formula is C18H13N3O2. The summed E-state index contributed by atoms with van der Waals surface area (Å²) in [4.78, 5) is 12.4. The van der Waals surface area contributed by atoms with Gasteiger partial charge in [0.2, 0.25) is 0 Å². The minimum Gasteiger partial charge on any atom is -0.451 e.